The highest BCUT2D eigenvalue weighted by molar-refractivity contribution is 6.05. The van der Waals surface area contributed by atoms with Crippen molar-refractivity contribution in [1.29, 1.82) is 0 Å². The van der Waals surface area contributed by atoms with E-state index in [2.05, 4.69) is 15.6 Å². The molecule has 0 aliphatic rings. The van der Waals surface area contributed by atoms with Crippen LogP contribution in [0.25, 0.3) is 0 Å². The van der Waals surface area contributed by atoms with Crippen molar-refractivity contribution < 1.29 is 9.59 Å². The Kier molecular flexibility index (Phi) is 5.86. The van der Waals surface area contributed by atoms with Gasteiger partial charge in [-0.3, -0.25) is 14.6 Å². The maximum absolute atomic E-state index is 12.2. The summed E-state index contributed by atoms with van der Waals surface area (Å²) >= 11 is 0. The lowest BCUT2D eigenvalue weighted by Gasteiger charge is -2.13. The summed E-state index contributed by atoms with van der Waals surface area (Å²) in [4.78, 5) is 28.3. The number of pyridine rings is 1. The van der Waals surface area contributed by atoms with Gasteiger partial charge in [0, 0.05) is 23.4 Å². The second kappa shape index (κ2) is 8.08. The van der Waals surface area contributed by atoms with Crippen LogP contribution in [0.15, 0.2) is 48.8 Å². The van der Waals surface area contributed by atoms with E-state index < -0.39 is 0 Å². The van der Waals surface area contributed by atoms with E-state index in [0.29, 0.717) is 16.9 Å². The van der Waals surface area contributed by atoms with Crippen LogP contribution < -0.4 is 10.6 Å². The highest BCUT2D eigenvalue weighted by atomic mass is 16.2. The maximum Gasteiger partial charge on any atom is 0.255 e. The summed E-state index contributed by atoms with van der Waals surface area (Å²) < 4.78 is 0. The Morgan fingerprint density at radius 1 is 1.04 bits per heavy atom. The van der Waals surface area contributed by atoms with Gasteiger partial charge in [0.15, 0.2) is 0 Å². The largest absolute Gasteiger partial charge is 0.326 e. The molecular formula is C18H21N3O2. The van der Waals surface area contributed by atoms with Crippen LogP contribution in [0.5, 0.6) is 0 Å². The van der Waals surface area contributed by atoms with Gasteiger partial charge in [-0.1, -0.05) is 19.9 Å². The molecular weight excluding hydrogens is 290 g/mol. The lowest BCUT2D eigenvalue weighted by molar-refractivity contribution is -0.120. The first-order valence-corrected chi connectivity index (χ1v) is 7.76. The summed E-state index contributed by atoms with van der Waals surface area (Å²) in [5.74, 6) is -0.265. The van der Waals surface area contributed by atoms with Crippen molar-refractivity contribution in [3.63, 3.8) is 0 Å². The molecule has 2 aromatic rings. The Morgan fingerprint density at radius 3 is 2.43 bits per heavy atom. The fourth-order valence-corrected chi connectivity index (χ4v) is 2.28. The smallest absolute Gasteiger partial charge is 0.255 e. The summed E-state index contributed by atoms with van der Waals surface area (Å²) in [5, 5.41) is 5.64. The third-order valence-corrected chi connectivity index (χ3v) is 3.67. The molecule has 120 valence electrons. The van der Waals surface area contributed by atoms with E-state index in [1.165, 1.54) is 0 Å². The molecule has 1 aromatic heterocycles. The molecule has 23 heavy (non-hydrogen) atoms. The average molecular weight is 311 g/mol. The fraction of sp³-hybridized carbons (Fsp3) is 0.278. The van der Waals surface area contributed by atoms with E-state index in [1.54, 1.807) is 48.8 Å². The minimum Gasteiger partial charge on any atom is -0.326 e. The molecule has 2 amide bonds. The minimum atomic E-state index is -0.239. The molecule has 5 nitrogen and oxygen atoms in total. The van der Waals surface area contributed by atoms with Gasteiger partial charge in [0.25, 0.3) is 5.91 Å². The number of nitrogens with one attached hydrogen (secondary N) is 2. The predicted octanol–water partition coefficient (Wildman–Crippen LogP) is 3.71. The van der Waals surface area contributed by atoms with Gasteiger partial charge in [-0.2, -0.15) is 0 Å². The number of aromatic nitrogens is 1. The van der Waals surface area contributed by atoms with Gasteiger partial charge in [-0.25, -0.2) is 0 Å². The predicted molar refractivity (Wildman–Crippen MR) is 91.3 cm³/mol. The SMILES string of the molecule is CCC(CC)C(=O)Nc1cccc(C(=O)Nc2cccnc2)c1. The number of hydrogen-bond acceptors (Lipinski definition) is 3. The standard InChI is InChI=1S/C18H21N3O2/c1-3-13(4-2)17(22)20-15-8-5-7-14(11-15)18(23)21-16-9-6-10-19-12-16/h5-13H,3-4H2,1-2H3,(H,20,22)(H,21,23). The van der Waals surface area contributed by atoms with Crippen molar-refractivity contribution in [2.24, 2.45) is 5.92 Å². The van der Waals surface area contributed by atoms with Crippen molar-refractivity contribution >= 4 is 23.2 Å². The topological polar surface area (TPSA) is 71.1 Å². The molecule has 0 unspecified atom stereocenters. The van der Waals surface area contributed by atoms with Gasteiger partial charge in [0.2, 0.25) is 5.91 Å². The van der Waals surface area contributed by atoms with Gasteiger partial charge in [-0.15, -0.1) is 0 Å². The zero-order valence-corrected chi connectivity index (χ0v) is 13.4. The molecule has 0 saturated heterocycles. The Bertz CT molecular complexity index is 667. The number of rotatable bonds is 6. The number of nitrogens with zero attached hydrogens (tertiary/aromatic N) is 1. The third kappa shape index (κ3) is 4.64. The Labute approximate surface area is 136 Å². The molecule has 5 heteroatoms. The number of anilines is 2. The van der Waals surface area contributed by atoms with E-state index in [0.717, 1.165) is 12.8 Å². The monoisotopic (exact) mass is 311 g/mol. The summed E-state index contributed by atoms with van der Waals surface area (Å²) in [6, 6.07) is 10.4. The number of amides is 2. The van der Waals surface area contributed by atoms with Crippen LogP contribution in [0.2, 0.25) is 0 Å². The number of benzene rings is 1. The quantitative estimate of drug-likeness (QED) is 0.854. The van der Waals surface area contributed by atoms with Gasteiger partial charge >= 0.3 is 0 Å². The van der Waals surface area contributed by atoms with Crippen molar-refractivity contribution in [2.75, 3.05) is 10.6 Å². The van der Waals surface area contributed by atoms with E-state index >= 15 is 0 Å². The Morgan fingerprint density at radius 2 is 1.78 bits per heavy atom. The van der Waals surface area contributed by atoms with Crippen molar-refractivity contribution in [3.05, 3.63) is 54.4 Å². The van der Waals surface area contributed by atoms with Gasteiger partial charge in [0.05, 0.1) is 11.9 Å². The highest BCUT2D eigenvalue weighted by Crippen LogP contribution is 2.16. The van der Waals surface area contributed by atoms with Crippen molar-refractivity contribution in [3.8, 4) is 0 Å². The maximum atomic E-state index is 12.2. The molecule has 0 atom stereocenters. The zero-order valence-electron chi connectivity index (χ0n) is 13.4. The number of carbonyl (C=O) groups excluding carboxylic acids is 2. The molecule has 0 aliphatic carbocycles. The van der Waals surface area contributed by atoms with Crippen LogP contribution in [0.1, 0.15) is 37.0 Å². The van der Waals surface area contributed by atoms with Crippen molar-refractivity contribution in [1.82, 2.24) is 4.98 Å². The number of hydrogen-bond donors (Lipinski definition) is 2. The molecule has 1 aromatic carbocycles. The fourth-order valence-electron chi connectivity index (χ4n) is 2.28. The van der Waals surface area contributed by atoms with E-state index in [-0.39, 0.29) is 17.7 Å². The summed E-state index contributed by atoms with van der Waals surface area (Å²) in [5.41, 5.74) is 1.74. The Balaban J connectivity index is 2.07. The summed E-state index contributed by atoms with van der Waals surface area (Å²) in [6.07, 6.45) is 4.81. The van der Waals surface area contributed by atoms with Crippen LogP contribution in [0.3, 0.4) is 0 Å². The third-order valence-electron chi connectivity index (χ3n) is 3.67. The van der Waals surface area contributed by atoms with Crippen LogP contribution in [0.4, 0.5) is 11.4 Å². The second-order valence-electron chi connectivity index (χ2n) is 5.28. The summed E-state index contributed by atoms with van der Waals surface area (Å²) in [6.45, 7) is 3.98. The van der Waals surface area contributed by atoms with Crippen LogP contribution >= 0.6 is 0 Å². The van der Waals surface area contributed by atoms with Crippen molar-refractivity contribution in [2.45, 2.75) is 26.7 Å². The normalized spacial score (nSPS) is 10.4. The molecule has 1 heterocycles. The highest BCUT2D eigenvalue weighted by Gasteiger charge is 2.15. The molecule has 2 rings (SSSR count). The average Bonchev–Trinajstić information content (AvgIpc) is 2.57. The van der Waals surface area contributed by atoms with Crippen LogP contribution in [0, 0.1) is 5.92 Å². The van der Waals surface area contributed by atoms with E-state index in [9.17, 15) is 9.59 Å². The first-order valence-electron chi connectivity index (χ1n) is 7.76. The number of carbonyl (C=O) groups is 2. The summed E-state index contributed by atoms with van der Waals surface area (Å²) in [7, 11) is 0. The molecule has 0 spiro atoms. The molecule has 0 bridgehead atoms. The van der Waals surface area contributed by atoms with E-state index in [4.69, 9.17) is 0 Å². The lowest BCUT2D eigenvalue weighted by atomic mass is 10.0. The first-order chi connectivity index (χ1) is 11.1. The Hall–Kier alpha value is -2.69. The molecule has 0 radical (unpaired) electrons. The second-order valence-corrected chi connectivity index (χ2v) is 5.28. The van der Waals surface area contributed by atoms with Gasteiger partial charge in [0.1, 0.15) is 0 Å². The van der Waals surface area contributed by atoms with Gasteiger partial charge in [-0.05, 0) is 43.2 Å². The molecule has 0 aliphatic heterocycles. The molecule has 0 saturated carbocycles. The van der Waals surface area contributed by atoms with E-state index in [1.807, 2.05) is 13.8 Å². The molecule has 2 N–H and O–H groups in total. The first kappa shape index (κ1) is 16.7. The molecule has 0 fully saturated rings. The lowest BCUT2D eigenvalue weighted by Crippen LogP contribution is -2.22. The minimum absolute atomic E-state index is 0.0112. The van der Waals surface area contributed by atoms with Crippen LogP contribution in [-0.2, 0) is 4.79 Å². The zero-order chi connectivity index (χ0) is 16.7. The van der Waals surface area contributed by atoms with Gasteiger partial charge < -0.3 is 10.6 Å². The van der Waals surface area contributed by atoms with Crippen LogP contribution in [-0.4, -0.2) is 16.8 Å².